The third-order valence-corrected chi connectivity index (χ3v) is 7.50. The van der Waals surface area contributed by atoms with E-state index in [2.05, 4.69) is 38.9 Å². The number of halogens is 1. The predicted molar refractivity (Wildman–Crippen MR) is 151 cm³/mol. The molecule has 6 nitrogen and oxygen atoms in total. The number of hydrogen-bond donors (Lipinski definition) is 1. The summed E-state index contributed by atoms with van der Waals surface area (Å²) in [5.74, 6) is -0.184. The van der Waals surface area contributed by atoms with Gasteiger partial charge in [0.15, 0.2) is 0 Å². The number of nitrogens with one attached hydrogen (secondary N) is 1. The number of benzene rings is 2. The van der Waals surface area contributed by atoms with E-state index in [9.17, 15) is 4.79 Å². The molecule has 0 aliphatic carbocycles. The van der Waals surface area contributed by atoms with E-state index < -0.39 is 0 Å². The predicted octanol–water partition coefficient (Wildman–Crippen LogP) is 6.04. The SMILES string of the molecule is Cc1ccc(C(=O)Nc2ccc(CN3CCN(C(C)C)CC3)c(Cl)c2)cc1-c1cncc2cccnc12. The summed E-state index contributed by atoms with van der Waals surface area (Å²) in [6.07, 6.45) is 5.38. The molecule has 7 heteroatoms. The van der Waals surface area contributed by atoms with Crippen molar-refractivity contribution in [3.8, 4) is 11.1 Å². The van der Waals surface area contributed by atoms with Gasteiger partial charge in [-0.1, -0.05) is 23.7 Å². The summed E-state index contributed by atoms with van der Waals surface area (Å²) in [6.45, 7) is 11.5. The molecule has 0 radical (unpaired) electrons. The topological polar surface area (TPSA) is 61.4 Å². The van der Waals surface area contributed by atoms with Gasteiger partial charge in [0.25, 0.3) is 5.91 Å². The number of carbonyl (C=O) groups excluding carboxylic acids is 1. The van der Waals surface area contributed by atoms with Crippen molar-refractivity contribution in [1.29, 1.82) is 0 Å². The zero-order valence-corrected chi connectivity index (χ0v) is 22.3. The maximum atomic E-state index is 13.2. The summed E-state index contributed by atoms with van der Waals surface area (Å²) in [5.41, 5.74) is 6.09. The average Bonchev–Trinajstić information content (AvgIpc) is 2.90. The molecular formula is C30H32ClN5O. The van der Waals surface area contributed by atoms with Crippen molar-refractivity contribution in [1.82, 2.24) is 19.8 Å². The Bertz CT molecular complexity index is 1420. The summed E-state index contributed by atoms with van der Waals surface area (Å²) in [5, 5.41) is 4.64. The fraction of sp³-hybridized carbons (Fsp3) is 0.300. The van der Waals surface area contributed by atoms with Gasteiger partial charge in [-0.3, -0.25) is 24.6 Å². The van der Waals surface area contributed by atoms with Gasteiger partial charge in [0.1, 0.15) is 0 Å². The van der Waals surface area contributed by atoms with E-state index in [4.69, 9.17) is 11.6 Å². The van der Waals surface area contributed by atoms with Crippen LogP contribution in [0.4, 0.5) is 5.69 Å². The minimum atomic E-state index is -0.184. The van der Waals surface area contributed by atoms with Crippen molar-refractivity contribution in [2.24, 2.45) is 0 Å². The smallest absolute Gasteiger partial charge is 0.255 e. The van der Waals surface area contributed by atoms with Crippen molar-refractivity contribution < 1.29 is 4.79 Å². The van der Waals surface area contributed by atoms with Gasteiger partial charge < -0.3 is 5.32 Å². The number of carbonyl (C=O) groups is 1. The number of aryl methyl sites for hydroxylation is 1. The standard InChI is InChI=1S/C30H32ClN5O/c1-20(2)36-13-11-35(12-14-36)19-24-8-9-25(16-28(24)31)34-30(37)22-7-6-21(3)26(15-22)27-18-32-17-23-5-4-10-33-29(23)27/h4-10,15-18,20H,11-14,19H2,1-3H3,(H,34,37). The molecule has 1 aliphatic heterocycles. The second-order valence-electron chi connectivity index (χ2n) is 9.96. The Kier molecular flexibility index (Phi) is 7.51. The highest BCUT2D eigenvalue weighted by Crippen LogP contribution is 2.30. The second kappa shape index (κ2) is 11.0. The normalized spacial score (nSPS) is 14.8. The number of nitrogens with zero attached hydrogens (tertiary/aromatic N) is 4. The molecule has 190 valence electrons. The first kappa shape index (κ1) is 25.3. The maximum Gasteiger partial charge on any atom is 0.255 e. The summed E-state index contributed by atoms with van der Waals surface area (Å²) in [7, 11) is 0. The average molecular weight is 514 g/mol. The van der Waals surface area contributed by atoms with Crippen LogP contribution in [-0.2, 0) is 6.54 Å². The lowest BCUT2D eigenvalue weighted by Crippen LogP contribution is -2.48. The molecule has 5 rings (SSSR count). The van der Waals surface area contributed by atoms with Gasteiger partial charge in [-0.15, -0.1) is 0 Å². The van der Waals surface area contributed by atoms with Crippen molar-refractivity contribution in [2.45, 2.75) is 33.4 Å². The molecule has 1 fully saturated rings. The minimum Gasteiger partial charge on any atom is -0.322 e. The second-order valence-corrected chi connectivity index (χ2v) is 10.4. The first-order valence-corrected chi connectivity index (χ1v) is 13.1. The van der Waals surface area contributed by atoms with Crippen LogP contribution in [0, 0.1) is 6.92 Å². The van der Waals surface area contributed by atoms with Crippen LogP contribution in [0.15, 0.2) is 67.1 Å². The lowest BCUT2D eigenvalue weighted by Gasteiger charge is -2.37. The van der Waals surface area contributed by atoms with Crippen LogP contribution < -0.4 is 5.32 Å². The summed E-state index contributed by atoms with van der Waals surface area (Å²) < 4.78 is 0. The third kappa shape index (κ3) is 5.67. The zero-order chi connectivity index (χ0) is 25.9. The van der Waals surface area contributed by atoms with Gasteiger partial charge in [0.05, 0.1) is 5.52 Å². The van der Waals surface area contributed by atoms with E-state index in [1.807, 2.05) is 55.5 Å². The molecule has 37 heavy (non-hydrogen) atoms. The van der Waals surface area contributed by atoms with Gasteiger partial charge in [-0.05, 0) is 73.9 Å². The van der Waals surface area contributed by atoms with Crippen molar-refractivity contribution in [3.63, 3.8) is 0 Å². The van der Waals surface area contributed by atoms with E-state index in [0.717, 1.165) is 65.9 Å². The Hall–Kier alpha value is -3.32. The molecule has 1 aliphatic rings. The van der Waals surface area contributed by atoms with E-state index in [-0.39, 0.29) is 5.91 Å². The van der Waals surface area contributed by atoms with Gasteiger partial charge in [-0.25, -0.2) is 0 Å². The molecule has 1 N–H and O–H groups in total. The number of piperazine rings is 1. The lowest BCUT2D eigenvalue weighted by atomic mass is 9.97. The molecule has 3 heterocycles. The molecular weight excluding hydrogens is 482 g/mol. The van der Waals surface area contributed by atoms with Crippen LogP contribution in [0.25, 0.3) is 22.0 Å². The molecule has 0 atom stereocenters. The molecule has 0 spiro atoms. The highest BCUT2D eigenvalue weighted by molar-refractivity contribution is 6.31. The van der Waals surface area contributed by atoms with Crippen molar-refractivity contribution in [3.05, 3.63) is 88.8 Å². The van der Waals surface area contributed by atoms with Crippen LogP contribution in [0.5, 0.6) is 0 Å². The van der Waals surface area contributed by atoms with E-state index >= 15 is 0 Å². The first-order valence-electron chi connectivity index (χ1n) is 12.7. The van der Waals surface area contributed by atoms with E-state index in [0.29, 0.717) is 22.3 Å². The highest BCUT2D eigenvalue weighted by Gasteiger charge is 2.20. The van der Waals surface area contributed by atoms with Crippen LogP contribution in [0.1, 0.15) is 35.3 Å². The summed E-state index contributed by atoms with van der Waals surface area (Å²) in [4.78, 5) is 27.0. The number of aromatic nitrogens is 2. The van der Waals surface area contributed by atoms with Gasteiger partial charge >= 0.3 is 0 Å². The molecule has 1 amide bonds. The largest absolute Gasteiger partial charge is 0.322 e. The molecule has 2 aromatic carbocycles. The number of fused-ring (bicyclic) bond motifs is 1. The van der Waals surface area contributed by atoms with Crippen LogP contribution in [0.2, 0.25) is 5.02 Å². The lowest BCUT2D eigenvalue weighted by molar-refractivity contribution is 0.102. The molecule has 2 aromatic heterocycles. The van der Waals surface area contributed by atoms with Crippen LogP contribution in [0.3, 0.4) is 0 Å². The molecule has 0 unspecified atom stereocenters. The van der Waals surface area contributed by atoms with E-state index in [1.165, 1.54) is 0 Å². The Morgan fingerprint density at radius 3 is 2.59 bits per heavy atom. The Balaban J connectivity index is 1.30. The van der Waals surface area contributed by atoms with Crippen molar-refractivity contribution in [2.75, 3.05) is 31.5 Å². The number of pyridine rings is 2. The van der Waals surface area contributed by atoms with Gasteiger partial charge in [-0.2, -0.15) is 0 Å². The van der Waals surface area contributed by atoms with Gasteiger partial charge in [0.2, 0.25) is 0 Å². The summed E-state index contributed by atoms with van der Waals surface area (Å²) in [6, 6.07) is 16.0. The minimum absolute atomic E-state index is 0.184. The number of rotatable bonds is 6. The first-order chi connectivity index (χ1) is 17.9. The number of anilines is 1. The molecule has 4 aromatic rings. The number of amides is 1. The highest BCUT2D eigenvalue weighted by atomic mass is 35.5. The Labute approximate surface area is 223 Å². The Morgan fingerprint density at radius 2 is 1.84 bits per heavy atom. The van der Waals surface area contributed by atoms with Crippen molar-refractivity contribution >= 4 is 34.1 Å². The van der Waals surface area contributed by atoms with Gasteiger partial charge in [0, 0.05) is 84.6 Å². The fourth-order valence-electron chi connectivity index (χ4n) is 4.89. The molecule has 1 saturated heterocycles. The monoisotopic (exact) mass is 513 g/mol. The quantitative estimate of drug-likeness (QED) is 0.341. The molecule has 0 bridgehead atoms. The van der Waals surface area contributed by atoms with E-state index in [1.54, 1.807) is 18.6 Å². The molecule has 0 saturated carbocycles. The van der Waals surface area contributed by atoms with Crippen LogP contribution >= 0.6 is 11.6 Å². The maximum absolute atomic E-state index is 13.2. The number of hydrogen-bond acceptors (Lipinski definition) is 5. The summed E-state index contributed by atoms with van der Waals surface area (Å²) >= 11 is 6.64. The fourth-order valence-corrected chi connectivity index (χ4v) is 5.13. The van der Waals surface area contributed by atoms with Crippen LogP contribution in [-0.4, -0.2) is 57.9 Å². The Morgan fingerprint density at radius 1 is 1.03 bits per heavy atom. The zero-order valence-electron chi connectivity index (χ0n) is 21.5. The third-order valence-electron chi connectivity index (χ3n) is 7.14.